The van der Waals surface area contributed by atoms with Crippen LogP contribution in [-0.4, -0.2) is 314 Å². The van der Waals surface area contributed by atoms with E-state index in [-0.39, 0.29) is 44.7 Å². The molecular weight excluding hydrogens is 1230 g/mol. The molecule has 29 nitrogen and oxygen atoms in total. The zero-order chi connectivity index (χ0) is 68.5. The maximum Gasteiger partial charge on any atom is 0.308 e. The molecule has 28 atom stereocenters. The van der Waals surface area contributed by atoms with E-state index in [1.807, 2.05) is 18.9 Å². The van der Waals surface area contributed by atoms with Gasteiger partial charge in [0.1, 0.15) is 54.9 Å². The summed E-state index contributed by atoms with van der Waals surface area (Å²) in [6.45, 7) is 5.89. The van der Waals surface area contributed by atoms with Gasteiger partial charge in [-0.15, -0.1) is 0 Å². The van der Waals surface area contributed by atoms with Gasteiger partial charge in [0, 0.05) is 63.7 Å². The Labute approximate surface area is 542 Å². The molecule has 0 saturated carbocycles. The quantitative estimate of drug-likeness (QED) is 0.0971. The average Bonchev–Trinajstić information content (AvgIpc) is 0.812. The van der Waals surface area contributed by atoms with Gasteiger partial charge in [-0.1, -0.05) is 98.9 Å². The molecule has 6 aliphatic heterocycles. The highest BCUT2D eigenvalue weighted by molar-refractivity contribution is 5.80. The van der Waals surface area contributed by atoms with E-state index in [0.29, 0.717) is 13.1 Å². The number of nitrogens with zero attached hydrogens (tertiary/aromatic N) is 2. The number of carbonyl (C=O) groups excluding carboxylic acids is 2. The molecule has 0 spiro atoms. The molecular formula is C64H103N3O26. The molecule has 0 aromatic carbocycles. The van der Waals surface area contributed by atoms with Crippen LogP contribution >= 0.6 is 0 Å². The number of hydrogen-bond acceptors (Lipinski definition) is 28. The summed E-state index contributed by atoms with van der Waals surface area (Å²) in [5, 5.41) is 191. The third-order valence-electron chi connectivity index (χ3n) is 18.2. The second-order valence-corrected chi connectivity index (χ2v) is 25.7. The first-order valence-corrected chi connectivity index (χ1v) is 32.1. The number of nitrogens with one attached hydrogen (secondary N) is 1. The van der Waals surface area contributed by atoms with Gasteiger partial charge in [-0.2, -0.15) is 0 Å². The van der Waals surface area contributed by atoms with Crippen molar-refractivity contribution < 1.29 is 130 Å². The summed E-state index contributed by atoms with van der Waals surface area (Å²) in [6.07, 6.45) is -13.2. The van der Waals surface area contributed by atoms with E-state index < -0.39 is 221 Å². The summed E-state index contributed by atoms with van der Waals surface area (Å²) >= 11 is 0. The highest BCUT2D eigenvalue weighted by atomic mass is 16.7. The molecule has 0 aliphatic carbocycles. The summed E-state index contributed by atoms with van der Waals surface area (Å²) in [5.74, 6) is -8.52. The van der Waals surface area contributed by atoms with Crippen LogP contribution in [0.3, 0.4) is 0 Å². The van der Waals surface area contributed by atoms with Gasteiger partial charge in [-0.3, -0.25) is 9.59 Å². The van der Waals surface area contributed by atoms with Crippen molar-refractivity contribution in [1.82, 2.24) is 15.1 Å². The van der Waals surface area contributed by atoms with Crippen molar-refractivity contribution in [3.8, 4) is 0 Å². The van der Waals surface area contributed by atoms with Crippen LogP contribution in [0.1, 0.15) is 79.1 Å². The fraction of sp³-hybridized carbons (Fsp3) is 0.750. The number of likely N-dealkylation sites (N-methyl/N-ethyl adjacent to an activating group) is 1. The SMILES string of the molecule is CC1[C@H](C)OC(=O)C[C@H](O)C[C@H](O)CC[C@@H](O)[C@H](O)C[C@H](O)C[C@]2(O)C[C@H](O)C(C(=O)N3CCN(C)CC3)C(C[C@@H](OC3O[C@H](C)[C@@H](O)[C@H](NC[C@@]4(O)OC[C@@H](O)[C@@H](OC5O[C@H](CO)[C@H](O)[C@H](O)[C@H]5O)[C@@H]4O)[C@@H]3O)C=C/C=C/C=C/C=C/C=C/C=C/C=C/[C@H](C)[C@H]1O)O2. The van der Waals surface area contributed by atoms with Crippen molar-refractivity contribution in [3.63, 3.8) is 0 Å². The van der Waals surface area contributed by atoms with Gasteiger partial charge >= 0.3 is 5.97 Å². The molecule has 6 aliphatic rings. The number of esters is 1. The molecule has 530 valence electrons. The lowest BCUT2D eigenvalue weighted by molar-refractivity contribution is -0.368. The zero-order valence-corrected chi connectivity index (χ0v) is 53.4. The monoisotopic (exact) mass is 1330 g/mol. The summed E-state index contributed by atoms with van der Waals surface area (Å²) in [7, 11) is 1.89. The van der Waals surface area contributed by atoms with E-state index in [0.717, 1.165) is 0 Å². The minimum atomic E-state index is -2.67. The number of aliphatic hydroxyl groups excluding tert-OH is 15. The first-order valence-electron chi connectivity index (χ1n) is 32.1. The third-order valence-corrected chi connectivity index (χ3v) is 18.2. The number of carbonyl (C=O) groups is 2. The Morgan fingerprint density at radius 3 is 1.84 bits per heavy atom. The van der Waals surface area contributed by atoms with Crippen molar-refractivity contribution in [1.29, 1.82) is 0 Å². The molecule has 0 aromatic rings. The number of rotatable bonds is 9. The molecule has 2 bridgehead atoms. The molecule has 29 heteroatoms. The van der Waals surface area contributed by atoms with E-state index >= 15 is 0 Å². The summed E-state index contributed by atoms with van der Waals surface area (Å²) in [5.41, 5.74) is 0. The highest BCUT2D eigenvalue weighted by Crippen LogP contribution is 2.40. The first-order chi connectivity index (χ1) is 44.0. The molecule has 0 radical (unpaired) electrons. The Balaban J connectivity index is 1.26. The van der Waals surface area contributed by atoms with E-state index in [1.165, 1.54) is 13.0 Å². The largest absolute Gasteiger partial charge is 0.462 e. The Morgan fingerprint density at radius 1 is 0.613 bits per heavy atom. The van der Waals surface area contributed by atoms with Gasteiger partial charge < -0.3 is 135 Å². The second-order valence-electron chi connectivity index (χ2n) is 25.7. The molecule has 5 unspecified atom stereocenters. The van der Waals surface area contributed by atoms with Crippen LogP contribution in [0.5, 0.6) is 0 Å². The van der Waals surface area contributed by atoms with E-state index in [2.05, 4.69) is 5.32 Å². The predicted octanol–water partition coefficient (Wildman–Crippen LogP) is -4.34. The van der Waals surface area contributed by atoms with Gasteiger partial charge in [0.15, 0.2) is 18.4 Å². The van der Waals surface area contributed by atoms with Gasteiger partial charge in [0.05, 0.1) is 105 Å². The van der Waals surface area contributed by atoms with E-state index in [4.69, 9.17) is 33.2 Å². The fourth-order valence-electron chi connectivity index (χ4n) is 12.2. The average molecular weight is 1330 g/mol. The first kappa shape index (κ1) is 78.1. The lowest BCUT2D eigenvalue weighted by Gasteiger charge is -2.48. The van der Waals surface area contributed by atoms with Crippen molar-refractivity contribution in [3.05, 3.63) is 85.1 Å². The minimum absolute atomic E-state index is 0.148. The lowest BCUT2D eigenvalue weighted by Crippen LogP contribution is -2.70. The van der Waals surface area contributed by atoms with Gasteiger partial charge in [-0.25, -0.2) is 0 Å². The highest BCUT2D eigenvalue weighted by Gasteiger charge is 2.56. The topological polar surface area (TPSA) is 461 Å². The standard InChI is InChI=1S/C64H103N3O26/c1-35-18-16-14-12-10-8-6-7-9-11-13-15-17-19-42(90-61-55(80)51(53(78)38(4)89-61)65-34-64(86)59(83)58(46(75)33-87-64)92-62-57(82)56(81)54(79)48(32-68)91-62)29-47-50(60(84)67-24-22-66(5)23-25-67)45(74)31-63(85,93-47)30-41(71)27-44(73)43(72)21-20-39(69)26-40(70)28-49(76)88-37(3)36(2)52(35)77/h6-19,35-48,50-59,61-62,65,68-75,77-83,85-86H,20-34H2,1-5H3/b7-6+,10-8+,11-9+,14-12+,15-13+,18-16+,19-17?/t35-,36?,37-,38+,39+,40+,41-,42-,43+,44+,45-,46+,47?,48+,50?,51-,52+,53+,54-,55-,56-,57+,58+,59-,61?,62?,63+,64+/m0/s1. The summed E-state index contributed by atoms with van der Waals surface area (Å²) in [4.78, 5) is 31.0. The number of amides is 1. The molecule has 6 heterocycles. The Morgan fingerprint density at radius 2 is 1.22 bits per heavy atom. The number of aliphatic hydroxyl groups is 17. The second kappa shape index (κ2) is 36.6. The molecule has 18 N–H and O–H groups in total. The van der Waals surface area contributed by atoms with Crippen LogP contribution in [0.15, 0.2) is 85.1 Å². The van der Waals surface area contributed by atoms with Gasteiger partial charge in [-0.05, 0) is 40.2 Å². The van der Waals surface area contributed by atoms with Crippen LogP contribution in [-0.2, 0) is 42.7 Å². The number of ether oxygens (including phenoxy) is 7. The van der Waals surface area contributed by atoms with Crippen molar-refractivity contribution >= 4 is 11.9 Å². The number of fused-ring (bicyclic) bond motifs is 2. The van der Waals surface area contributed by atoms with Crippen LogP contribution in [0, 0.1) is 17.8 Å². The smallest absolute Gasteiger partial charge is 0.308 e. The molecule has 1 amide bonds. The number of cyclic esters (lactones) is 1. The van der Waals surface area contributed by atoms with Crippen LogP contribution < -0.4 is 5.32 Å². The Hall–Kier alpha value is -3.88. The van der Waals surface area contributed by atoms with Crippen LogP contribution in [0.4, 0.5) is 0 Å². The zero-order valence-electron chi connectivity index (χ0n) is 53.4. The van der Waals surface area contributed by atoms with Gasteiger partial charge in [0.2, 0.25) is 11.7 Å². The summed E-state index contributed by atoms with van der Waals surface area (Å²) in [6, 6.07) is -1.46. The number of hydrogen-bond donors (Lipinski definition) is 18. The fourth-order valence-corrected chi connectivity index (χ4v) is 12.2. The normalized spacial score (nSPS) is 46.3. The van der Waals surface area contributed by atoms with Crippen molar-refractivity contribution in [2.45, 2.75) is 231 Å². The number of piperazine rings is 1. The van der Waals surface area contributed by atoms with Crippen molar-refractivity contribution in [2.75, 3.05) is 53.0 Å². The predicted molar refractivity (Wildman–Crippen MR) is 329 cm³/mol. The number of allylic oxidation sites excluding steroid dienone is 12. The van der Waals surface area contributed by atoms with Crippen molar-refractivity contribution in [2.24, 2.45) is 17.8 Å². The maximum atomic E-state index is 14.6. The minimum Gasteiger partial charge on any atom is -0.462 e. The molecule has 6 rings (SSSR count). The van der Waals surface area contributed by atoms with E-state index in [1.54, 1.807) is 97.7 Å². The van der Waals surface area contributed by atoms with Crippen LogP contribution in [0.25, 0.3) is 0 Å². The molecule has 5 fully saturated rings. The molecule has 0 aromatic heterocycles. The molecule has 5 saturated heterocycles. The van der Waals surface area contributed by atoms with Gasteiger partial charge in [0.25, 0.3) is 0 Å². The Bertz CT molecular complexity index is 2500. The van der Waals surface area contributed by atoms with Crippen LogP contribution in [0.2, 0.25) is 0 Å². The lowest BCUT2D eigenvalue weighted by atomic mass is 9.81. The Kier molecular flexibility index (Phi) is 30.8. The maximum absolute atomic E-state index is 14.6. The van der Waals surface area contributed by atoms with E-state index in [9.17, 15) is 96.4 Å². The third kappa shape index (κ3) is 22.3. The summed E-state index contributed by atoms with van der Waals surface area (Å²) < 4.78 is 40.9. The molecule has 93 heavy (non-hydrogen) atoms.